The quantitative estimate of drug-likeness (QED) is 0.852. The third-order valence-electron chi connectivity index (χ3n) is 3.45. The van der Waals surface area contributed by atoms with E-state index >= 15 is 0 Å². The Hall–Kier alpha value is -2.82. The predicted molar refractivity (Wildman–Crippen MR) is 87.9 cm³/mol. The smallest absolute Gasteiger partial charge is 0.411 e. The molecule has 2 aromatic carbocycles. The van der Waals surface area contributed by atoms with Gasteiger partial charge in [0, 0.05) is 6.42 Å². The molecule has 120 valence electrons. The molecule has 2 aromatic rings. The molecular weight excluding hydrogens is 294 g/mol. The molecule has 2 N–H and O–H groups in total. The van der Waals surface area contributed by atoms with Crippen LogP contribution in [0.1, 0.15) is 28.4 Å². The van der Waals surface area contributed by atoms with E-state index in [9.17, 15) is 14.7 Å². The summed E-state index contributed by atoms with van der Waals surface area (Å²) in [6.45, 7) is 2.09. The molecule has 0 aromatic heterocycles. The van der Waals surface area contributed by atoms with Crippen molar-refractivity contribution >= 4 is 17.7 Å². The first-order chi connectivity index (χ1) is 11.1. The highest BCUT2D eigenvalue weighted by Crippen LogP contribution is 2.21. The van der Waals surface area contributed by atoms with Gasteiger partial charge >= 0.3 is 12.1 Å². The van der Waals surface area contributed by atoms with Crippen molar-refractivity contribution in [1.82, 2.24) is 0 Å². The number of carboxylic acid groups (broad SMARTS) is 1. The molecule has 5 heteroatoms. The maximum absolute atomic E-state index is 11.9. The molecule has 0 saturated heterocycles. The molecule has 0 atom stereocenters. The topological polar surface area (TPSA) is 75.6 Å². The molecule has 0 saturated carbocycles. The van der Waals surface area contributed by atoms with Crippen LogP contribution >= 0.6 is 0 Å². The van der Waals surface area contributed by atoms with Crippen LogP contribution in [-0.4, -0.2) is 23.8 Å². The van der Waals surface area contributed by atoms with Crippen molar-refractivity contribution in [2.45, 2.75) is 19.8 Å². The summed E-state index contributed by atoms with van der Waals surface area (Å²) in [5.41, 5.74) is 2.09. The lowest BCUT2D eigenvalue weighted by molar-refractivity contribution is 0.0697. The highest BCUT2D eigenvalue weighted by molar-refractivity contribution is 6.00. The number of aromatic carboxylic acids is 1. The molecule has 0 radical (unpaired) electrons. The zero-order chi connectivity index (χ0) is 16.7. The Morgan fingerprint density at radius 2 is 1.83 bits per heavy atom. The minimum absolute atomic E-state index is 0.106. The van der Waals surface area contributed by atoms with Gasteiger partial charge in [-0.25, -0.2) is 9.59 Å². The van der Waals surface area contributed by atoms with E-state index in [-0.39, 0.29) is 17.9 Å². The Labute approximate surface area is 134 Å². The molecule has 0 unspecified atom stereocenters. The zero-order valence-corrected chi connectivity index (χ0v) is 12.9. The zero-order valence-electron chi connectivity index (χ0n) is 12.9. The van der Waals surface area contributed by atoms with Crippen LogP contribution in [-0.2, 0) is 17.6 Å². The standard InChI is InChI=1S/C18H19NO4/c1-2-14-9-6-10-15(16(14)17(20)21)19-18(22)23-12-11-13-7-4-3-5-8-13/h3-10H,2,11-12H2,1H3,(H,19,22)(H,20,21). The van der Waals surface area contributed by atoms with Gasteiger partial charge in [-0.15, -0.1) is 0 Å². The number of benzene rings is 2. The maximum Gasteiger partial charge on any atom is 0.411 e. The summed E-state index contributed by atoms with van der Waals surface area (Å²) in [4.78, 5) is 23.2. The lowest BCUT2D eigenvalue weighted by atomic mass is 10.0. The van der Waals surface area contributed by atoms with Crippen LogP contribution < -0.4 is 5.32 Å². The van der Waals surface area contributed by atoms with Crippen LogP contribution in [0, 0.1) is 0 Å². The number of carbonyl (C=O) groups excluding carboxylic acids is 1. The summed E-state index contributed by atoms with van der Waals surface area (Å²) in [7, 11) is 0. The second-order valence-electron chi connectivity index (χ2n) is 4.99. The van der Waals surface area contributed by atoms with Gasteiger partial charge in [0.2, 0.25) is 0 Å². The van der Waals surface area contributed by atoms with Crippen LogP contribution in [0.5, 0.6) is 0 Å². The SMILES string of the molecule is CCc1cccc(NC(=O)OCCc2ccccc2)c1C(=O)O. The Morgan fingerprint density at radius 1 is 1.09 bits per heavy atom. The van der Waals surface area contributed by atoms with Gasteiger partial charge in [0.25, 0.3) is 0 Å². The van der Waals surface area contributed by atoms with Crippen molar-refractivity contribution in [3.05, 3.63) is 65.2 Å². The Morgan fingerprint density at radius 3 is 2.48 bits per heavy atom. The van der Waals surface area contributed by atoms with E-state index in [1.807, 2.05) is 37.3 Å². The number of hydrogen-bond donors (Lipinski definition) is 2. The van der Waals surface area contributed by atoms with Gasteiger partial charge in [0.05, 0.1) is 17.9 Å². The molecule has 0 aliphatic rings. The summed E-state index contributed by atoms with van der Waals surface area (Å²) < 4.78 is 5.12. The first-order valence-corrected chi connectivity index (χ1v) is 7.44. The van der Waals surface area contributed by atoms with Crippen molar-refractivity contribution in [1.29, 1.82) is 0 Å². The molecule has 0 heterocycles. The lowest BCUT2D eigenvalue weighted by Crippen LogP contribution is -2.18. The van der Waals surface area contributed by atoms with E-state index in [0.29, 0.717) is 18.4 Å². The molecule has 1 amide bonds. The highest BCUT2D eigenvalue weighted by Gasteiger charge is 2.16. The number of ether oxygens (including phenoxy) is 1. The number of carbonyl (C=O) groups is 2. The molecule has 0 bridgehead atoms. The van der Waals surface area contributed by atoms with E-state index in [2.05, 4.69) is 5.32 Å². The Balaban J connectivity index is 1.96. The van der Waals surface area contributed by atoms with Gasteiger partial charge < -0.3 is 9.84 Å². The third-order valence-corrected chi connectivity index (χ3v) is 3.45. The van der Waals surface area contributed by atoms with E-state index < -0.39 is 12.1 Å². The highest BCUT2D eigenvalue weighted by atomic mass is 16.5. The molecular formula is C18H19NO4. The van der Waals surface area contributed by atoms with Crippen molar-refractivity contribution in [2.75, 3.05) is 11.9 Å². The fourth-order valence-electron chi connectivity index (χ4n) is 2.30. The second-order valence-corrected chi connectivity index (χ2v) is 4.99. The monoisotopic (exact) mass is 313 g/mol. The van der Waals surface area contributed by atoms with E-state index in [0.717, 1.165) is 5.56 Å². The summed E-state index contributed by atoms with van der Waals surface area (Å²) in [6, 6.07) is 14.7. The number of rotatable bonds is 6. The molecule has 0 fully saturated rings. The number of hydrogen-bond acceptors (Lipinski definition) is 3. The van der Waals surface area contributed by atoms with Gasteiger partial charge in [-0.1, -0.05) is 49.4 Å². The number of nitrogens with one attached hydrogen (secondary N) is 1. The summed E-state index contributed by atoms with van der Waals surface area (Å²) in [5.74, 6) is -1.07. The van der Waals surface area contributed by atoms with Gasteiger partial charge in [0.15, 0.2) is 0 Å². The minimum atomic E-state index is -1.07. The third kappa shape index (κ3) is 4.57. The predicted octanol–water partition coefficient (Wildman–Crippen LogP) is 3.74. The Kier molecular flexibility index (Phi) is 5.74. The molecule has 23 heavy (non-hydrogen) atoms. The average molecular weight is 313 g/mol. The van der Waals surface area contributed by atoms with Gasteiger partial charge in [0.1, 0.15) is 0 Å². The number of amides is 1. The molecule has 0 aliphatic heterocycles. The molecule has 0 spiro atoms. The van der Waals surface area contributed by atoms with Crippen LogP contribution in [0.3, 0.4) is 0 Å². The molecule has 5 nitrogen and oxygen atoms in total. The van der Waals surface area contributed by atoms with Gasteiger partial charge in [-0.3, -0.25) is 5.32 Å². The van der Waals surface area contributed by atoms with Crippen LogP contribution in [0.4, 0.5) is 10.5 Å². The van der Waals surface area contributed by atoms with Crippen molar-refractivity contribution < 1.29 is 19.4 Å². The first kappa shape index (κ1) is 16.5. The minimum Gasteiger partial charge on any atom is -0.478 e. The molecule has 2 rings (SSSR count). The van der Waals surface area contributed by atoms with Crippen molar-refractivity contribution in [3.63, 3.8) is 0 Å². The van der Waals surface area contributed by atoms with Crippen LogP contribution in [0.15, 0.2) is 48.5 Å². The van der Waals surface area contributed by atoms with E-state index in [4.69, 9.17) is 4.74 Å². The van der Waals surface area contributed by atoms with Gasteiger partial charge in [-0.05, 0) is 23.6 Å². The fraction of sp³-hybridized carbons (Fsp3) is 0.222. The molecule has 0 aliphatic carbocycles. The summed E-state index contributed by atoms with van der Waals surface area (Å²) in [6.07, 6.45) is 0.520. The summed E-state index contributed by atoms with van der Waals surface area (Å²) in [5, 5.41) is 11.8. The maximum atomic E-state index is 11.9. The van der Waals surface area contributed by atoms with E-state index in [1.54, 1.807) is 18.2 Å². The van der Waals surface area contributed by atoms with Crippen LogP contribution in [0.25, 0.3) is 0 Å². The number of anilines is 1. The fourth-order valence-corrected chi connectivity index (χ4v) is 2.30. The Bertz CT molecular complexity index is 683. The summed E-state index contributed by atoms with van der Waals surface area (Å²) >= 11 is 0. The second kappa shape index (κ2) is 7.98. The number of carboxylic acids is 1. The lowest BCUT2D eigenvalue weighted by Gasteiger charge is -2.12. The normalized spacial score (nSPS) is 10.1. The van der Waals surface area contributed by atoms with Crippen molar-refractivity contribution in [3.8, 4) is 0 Å². The van der Waals surface area contributed by atoms with Crippen molar-refractivity contribution in [2.24, 2.45) is 0 Å². The number of aryl methyl sites for hydroxylation is 1. The van der Waals surface area contributed by atoms with Crippen LogP contribution in [0.2, 0.25) is 0 Å². The van der Waals surface area contributed by atoms with Gasteiger partial charge in [-0.2, -0.15) is 0 Å². The average Bonchev–Trinajstić information content (AvgIpc) is 2.55. The first-order valence-electron chi connectivity index (χ1n) is 7.44. The largest absolute Gasteiger partial charge is 0.478 e. The van der Waals surface area contributed by atoms with E-state index in [1.165, 1.54) is 0 Å².